The summed E-state index contributed by atoms with van der Waals surface area (Å²) < 4.78 is 38.9. The Labute approximate surface area is 127 Å². The number of anilines is 2. The molecular formula is C16H11FN2O2S. The third-order valence-corrected chi connectivity index (χ3v) is 5.12. The van der Waals surface area contributed by atoms with E-state index in [1.54, 1.807) is 30.3 Å². The average Bonchev–Trinajstić information content (AvgIpc) is 2.48. The van der Waals surface area contributed by atoms with Crippen LogP contribution in [0.1, 0.15) is 5.56 Å². The van der Waals surface area contributed by atoms with Crippen LogP contribution >= 0.6 is 0 Å². The van der Waals surface area contributed by atoms with E-state index in [9.17, 15) is 12.8 Å². The molecule has 0 atom stereocenters. The Balaban J connectivity index is 2.35. The molecule has 0 unspecified atom stereocenters. The van der Waals surface area contributed by atoms with Crippen LogP contribution in [0.15, 0.2) is 58.5 Å². The highest BCUT2D eigenvalue weighted by Gasteiger charge is 2.32. The van der Waals surface area contributed by atoms with Crippen molar-refractivity contribution < 1.29 is 12.8 Å². The number of para-hydroxylation sites is 1. The molecule has 0 N–H and O–H groups in total. The van der Waals surface area contributed by atoms with Crippen molar-refractivity contribution >= 4 is 21.2 Å². The number of benzene rings is 2. The maximum absolute atomic E-state index is 14.1. The average molecular weight is 314 g/mol. The first-order valence-electron chi connectivity index (χ1n) is 6.46. The van der Waals surface area contributed by atoms with Gasteiger partial charge in [0, 0.05) is 6.20 Å². The molecule has 0 saturated heterocycles. The van der Waals surface area contributed by atoms with E-state index >= 15 is 0 Å². The monoisotopic (exact) mass is 314 g/mol. The van der Waals surface area contributed by atoms with E-state index < -0.39 is 20.6 Å². The van der Waals surface area contributed by atoms with Crippen molar-refractivity contribution in [1.29, 1.82) is 5.26 Å². The largest absolute Gasteiger partial charge is 0.311 e. The van der Waals surface area contributed by atoms with Gasteiger partial charge >= 0.3 is 0 Å². The molecule has 3 rings (SSSR count). The number of nitrogens with zero attached hydrogens (tertiary/aromatic N) is 2. The smallest absolute Gasteiger partial charge is 0.220 e. The van der Waals surface area contributed by atoms with Crippen LogP contribution in [0.25, 0.3) is 0 Å². The van der Waals surface area contributed by atoms with Crippen molar-refractivity contribution in [1.82, 2.24) is 0 Å². The standard InChI is InChI=1S/C16H11FN2O2S/c1-11-6-7-16-15(8-11)19(10-12(9-18)22(16,20)21)14-5-3-2-4-13(14)17/h2-8,10H,1H3. The molecule has 0 aliphatic carbocycles. The number of fused-ring (bicyclic) bond motifs is 1. The normalized spacial score (nSPS) is 15.7. The maximum atomic E-state index is 14.1. The molecule has 1 heterocycles. The first-order valence-corrected chi connectivity index (χ1v) is 7.95. The van der Waals surface area contributed by atoms with E-state index in [-0.39, 0.29) is 10.6 Å². The lowest BCUT2D eigenvalue weighted by Gasteiger charge is -2.28. The Bertz CT molecular complexity index is 943. The van der Waals surface area contributed by atoms with Gasteiger partial charge in [0.05, 0.1) is 16.3 Å². The van der Waals surface area contributed by atoms with Gasteiger partial charge in [0.15, 0.2) is 4.91 Å². The molecule has 22 heavy (non-hydrogen) atoms. The first kappa shape index (κ1) is 14.3. The Kier molecular flexibility index (Phi) is 3.23. The molecule has 0 spiro atoms. The van der Waals surface area contributed by atoms with E-state index in [2.05, 4.69) is 0 Å². The summed E-state index contributed by atoms with van der Waals surface area (Å²) in [5, 5.41) is 9.12. The van der Waals surface area contributed by atoms with Crippen LogP contribution in [-0.4, -0.2) is 8.42 Å². The van der Waals surface area contributed by atoms with E-state index in [0.717, 1.165) is 11.8 Å². The van der Waals surface area contributed by atoms with Gasteiger partial charge in [-0.15, -0.1) is 0 Å². The molecule has 0 aromatic heterocycles. The lowest BCUT2D eigenvalue weighted by molar-refractivity contribution is 0.601. The quantitative estimate of drug-likeness (QED) is 0.809. The third kappa shape index (κ3) is 2.07. The Morgan fingerprint density at radius 1 is 1.14 bits per heavy atom. The number of hydrogen-bond donors (Lipinski definition) is 0. The lowest BCUT2D eigenvalue weighted by Crippen LogP contribution is -2.22. The number of nitriles is 1. The Hall–Kier alpha value is -2.65. The summed E-state index contributed by atoms with van der Waals surface area (Å²) in [5.74, 6) is -0.497. The number of allylic oxidation sites excluding steroid dienone is 1. The summed E-state index contributed by atoms with van der Waals surface area (Å²) in [6, 6.07) is 12.4. The van der Waals surface area contributed by atoms with E-state index in [4.69, 9.17) is 5.26 Å². The fourth-order valence-corrected chi connectivity index (χ4v) is 3.63. The van der Waals surface area contributed by atoms with Gasteiger partial charge in [-0.1, -0.05) is 18.2 Å². The lowest BCUT2D eigenvalue weighted by atomic mass is 10.2. The van der Waals surface area contributed by atoms with Crippen molar-refractivity contribution in [3.05, 3.63) is 65.0 Å². The second kappa shape index (κ2) is 4.97. The van der Waals surface area contributed by atoms with Crippen molar-refractivity contribution in [3.63, 3.8) is 0 Å². The molecule has 1 aliphatic rings. The number of hydrogen-bond acceptors (Lipinski definition) is 4. The minimum Gasteiger partial charge on any atom is -0.311 e. The molecular weight excluding hydrogens is 303 g/mol. The Morgan fingerprint density at radius 2 is 1.86 bits per heavy atom. The van der Waals surface area contributed by atoms with E-state index in [1.807, 2.05) is 6.92 Å². The van der Waals surface area contributed by atoms with Crippen molar-refractivity contribution in [3.8, 4) is 6.07 Å². The highest BCUT2D eigenvalue weighted by molar-refractivity contribution is 7.95. The third-order valence-electron chi connectivity index (χ3n) is 3.42. The molecule has 2 aromatic carbocycles. The molecule has 0 saturated carbocycles. The van der Waals surface area contributed by atoms with Crippen LogP contribution in [0.3, 0.4) is 0 Å². The van der Waals surface area contributed by atoms with Gasteiger partial charge in [-0.25, -0.2) is 12.8 Å². The number of rotatable bonds is 1. The summed E-state index contributed by atoms with van der Waals surface area (Å²) >= 11 is 0. The molecule has 1 aliphatic heterocycles. The summed E-state index contributed by atoms with van der Waals surface area (Å²) in [6.45, 7) is 1.82. The minimum absolute atomic E-state index is 0.000373. The molecule has 0 amide bonds. The van der Waals surface area contributed by atoms with Crippen LogP contribution in [0.4, 0.5) is 15.8 Å². The van der Waals surface area contributed by atoms with Crippen LogP contribution in [0.2, 0.25) is 0 Å². The van der Waals surface area contributed by atoms with Crippen molar-refractivity contribution in [2.24, 2.45) is 0 Å². The van der Waals surface area contributed by atoms with Gasteiger partial charge in [-0.2, -0.15) is 5.26 Å². The van der Waals surface area contributed by atoms with Crippen molar-refractivity contribution in [2.75, 3.05) is 4.90 Å². The van der Waals surface area contributed by atoms with Gasteiger partial charge in [-0.05, 0) is 36.8 Å². The fourth-order valence-electron chi connectivity index (χ4n) is 2.35. The number of aryl methyl sites for hydroxylation is 1. The molecule has 6 heteroatoms. The molecule has 110 valence electrons. The second-order valence-corrected chi connectivity index (χ2v) is 6.79. The molecule has 0 bridgehead atoms. The fraction of sp³-hybridized carbons (Fsp3) is 0.0625. The van der Waals surface area contributed by atoms with E-state index in [1.165, 1.54) is 23.1 Å². The maximum Gasteiger partial charge on any atom is 0.220 e. The SMILES string of the molecule is Cc1ccc2c(c1)N(c1ccccc1F)C=C(C#N)S2(=O)=O. The molecule has 0 fully saturated rings. The zero-order chi connectivity index (χ0) is 15.9. The zero-order valence-electron chi connectivity index (χ0n) is 11.6. The van der Waals surface area contributed by atoms with Crippen LogP contribution in [0, 0.1) is 24.1 Å². The molecule has 2 aromatic rings. The van der Waals surface area contributed by atoms with Crippen molar-refractivity contribution in [2.45, 2.75) is 11.8 Å². The highest BCUT2D eigenvalue weighted by atomic mass is 32.2. The predicted molar refractivity (Wildman–Crippen MR) is 80.6 cm³/mol. The summed E-state index contributed by atoms with van der Waals surface area (Å²) in [4.78, 5) is 0.990. The van der Waals surface area contributed by atoms with Gasteiger partial charge in [-0.3, -0.25) is 0 Å². The highest BCUT2D eigenvalue weighted by Crippen LogP contribution is 2.40. The van der Waals surface area contributed by atoms with Gasteiger partial charge < -0.3 is 4.90 Å². The van der Waals surface area contributed by atoms with Crippen LogP contribution in [-0.2, 0) is 9.84 Å². The van der Waals surface area contributed by atoms with Gasteiger partial charge in [0.2, 0.25) is 9.84 Å². The summed E-state index contributed by atoms with van der Waals surface area (Å²) in [5.41, 5.74) is 1.37. The van der Waals surface area contributed by atoms with E-state index in [0.29, 0.717) is 5.69 Å². The van der Waals surface area contributed by atoms with Gasteiger partial charge in [0.1, 0.15) is 11.9 Å². The number of sulfone groups is 1. The zero-order valence-corrected chi connectivity index (χ0v) is 12.4. The second-order valence-electron chi connectivity index (χ2n) is 4.90. The minimum atomic E-state index is -3.87. The predicted octanol–water partition coefficient (Wildman–Crippen LogP) is 3.42. The topological polar surface area (TPSA) is 61.2 Å². The molecule has 4 nitrogen and oxygen atoms in total. The summed E-state index contributed by atoms with van der Waals surface area (Å²) in [6.07, 6.45) is 1.16. The molecule has 0 radical (unpaired) electrons. The number of halogens is 1. The first-order chi connectivity index (χ1) is 10.4. The van der Waals surface area contributed by atoms with Crippen LogP contribution in [0.5, 0.6) is 0 Å². The van der Waals surface area contributed by atoms with Crippen LogP contribution < -0.4 is 4.90 Å². The van der Waals surface area contributed by atoms with Gasteiger partial charge in [0.25, 0.3) is 0 Å². The Morgan fingerprint density at radius 3 is 2.55 bits per heavy atom. The summed E-state index contributed by atoms with van der Waals surface area (Å²) in [7, 11) is -3.87.